The fourth-order valence-corrected chi connectivity index (χ4v) is 2.64. The summed E-state index contributed by atoms with van der Waals surface area (Å²) < 4.78 is 5.15. The van der Waals surface area contributed by atoms with Crippen LogP contribution in [-0.4, -0.2) is 17.9 Å². The van der Waals surface area contributed by atoms with Gasteiger partial charge < -0.3 is 10.1 Å². The van der Waals surface area contributed by atoms with Crippen LogP contribution in [0.3, 0.4) is 0 Å². The fraction of sp³-hybridized carbons (Fsp3) is 0.143. The first kappa shape index (κ1) is 16.7. The first-order valence-corrected chi connectivity index (χ1v) is 8.16. The van der Waals surface area contributed by atoms with Crippen molar-refractivity contribution in [2.24, 2.45) is 0 Å². The van der Waals surface area contributed by atoms with E-state index < -0.39 is 0 Å². The van der Waals surface area contributed by atoms with Crippen LogP contribution in [-0.2, 0) is 0 Å². The van der Waals surface area contributed by atoms with E-state index in [4.69, 9.17) is 4.74 Å². The Bertz CT molecular complexity index is 802. The van der Waals surface area contributed by atoms with Crippen molar-refractivity contribution in [2.45, 2.75) is 12.5 Å². The number of aromatic nitrogens is 1. The second-order valence-corrected chi connectivity index (χ2v) is 5.68. The van der Waals surface area contributed by atoms with Crippen molar-refractivity contribution in [3.63, 3.8) is 0 Å². The Hall–Kier alpha value is -3.14. The Morgan fingerprint density at radius 3 is 2.36 bits per heavy atom. The molecule has 2 aromatic carbocycles. The number of ether oxygens (including phenoxy) is 1. The summed E-state index contributed by atoms with van der Waals surface area (Å²) in [6, 6.07) is 22.7. The summed E-state index contributed by atoms with van der Waals surface area (Å²) in [4.78, 5) is 17.0. The van der Waals surface area contributed by atoms with E-state index in [1.54, 1.807) is 37.6 Å². The number of rotatable bonds is 7. The van der Waals surface area contributed by atoms with Gasteiger partial charge in [0.05, 0.1) is 13.2 Å². The third kappa shape index (κ3) is 4.44. The lowest BCUT2D eigenvalue weighted by molar-refractivity contribution is 0.0976. The van der Waals surface area contributed by atoms with Gasteiger partial charge in [-0.15, -0.1) is 0 Å². The number of ketones is 1. The largest absolute Gasteiger partial charge is 0.497 e. The summed E-state index contributed by atoms with van der Waals surface area (Å²) in [5, 5.41) is 3.36. The number of hydrogen-bond donors (Lipinski definition) is 1. The van der Waals surface area contributed by atoms with Crippen molar-refractivity contribution in [1.29, 1.82) is 0 Å². The number of nitrogens with zero attached hydrogens (tertiary/aromatic N) is 1. The summed E-state index contributed by atoms with van der Waals surface area (Å²) in [5.41, 5.74) is 1.72. The quantitative estimate of drug-likeness (QED) is 0.647. The van der Waals surface area contributed by atoms with Crippen molar-refractivity contribution >= 4 is 11.6 Å². The van der Waals surface area contributed by atoms with Gasteiger partial charge in [-0.3, -0.25) is 4.79 Å². The molecular formula is C21H20N2O2. The summed E-state index contributed by atoms with van der Waals surface area (Å²) >= 11 is 0. The molecule has 1 atom stereocenters. The van der Waals surface area contributed by atoms with E-state index in [2.05, 4.69) is 10.3 Å². The van der Waals surface area contributed by atoms with Crippen LogP contribution in [0.2, 0.25) is 0 Å². The SMILES string of the molecule is COc1ccc(C(=O)CC(Nc2ccccn2)c2ccccc2)cc1. The van der Waals surface area contributed by atoms with Gasteiger partial charge in [-0.25, -0.2) is 4.98 Å². The van der Waals surface area contributed by atoms with Crippen LogP contribution in [0.4, 0.5) is 5.82 Å². The van der Waals surface area contributed by atoms with Gasteiger partial charge >= 0.3 is 0 Å². The Kier molecular flexibility index (Phi) is 5.42. The lowest BCUT2D eigenvalue weighted by Gasteiger charge is -2.19. The van der Waals surface area contributed by atoms with E-state index in [1.165, 1.54) is 0 Å². The molecule has 3 aromatic rings. The van der Waals surface area contributed by atoms with E-state index in [-0.39, 0.29) is 11.8 Å². The lowest BCUT2D eigenvalue weighted by Crippen LogP contribution is -2.16. The molecule has 0 aliphatic rings. The number of hydrogen-bond acceptors (Lipinski definition) is 4. The van der Waals surface area contributed by atoms with Gasteiger partial charge in [0.1, 0.15) is 11.6 Å². The average Bonchev–Trinajstić information content (AvgIpc) is 2.69. The van der Waals surface area contributed by atoms with Crippen LogP contribution in [0.25, 0.3) is 0 Å². The molecule has 4 nitrogen and oxygen atoms in total. The molecule has 0 radical (unpaired) electrons. The van der Waals surface area contributed by atoms with E-state index in [9.17, 15) is 4.79 Å². The number of benzene rings is 2. The molecule has 1 unspecified atom stereocenters. The minimum Gasteiger partial charge on any atom is -0.497 e. The first-order chi connectivity index (χ1) is 12.3. The highest BCUT2D eigenvalue weighted by molar-refractivity contribution is 5.96. The third-order valence-electron chi connectivity index (χ3n) is 3.99. The summed E-state index contributed by atoms with van der Waals surface area (Å²) in [7, 11) is 1.61. The van der Waals surface area contributed by atoms with E-state index in [1.807, 2.05) is 48.5 Å². The second-order valence-electron chi connectivity index (χ2n) is 5.68. The molecule has 0 spiro atoms. The smallest absolute Gasteiger partial charge is 0.165 e. The molecule has 126 valence electrons. The topological polar surface area (TPSA) is 51.2 Å². The molecule has 0 saturated carbocycles. The van der Waals surface area contributed by atoms with Crippen LogP contribution in [0.15, 0.2) is 79.0 Å². The zero-order chi connectivity index (χ0) is 17.5. The molecule has 0 bridgehead atoms. The van der Waals surface area contributed by atoms with Crippen molar-refractivity contribution < 1.29 is 9.53 Å². The summed E-state index contributed by atoms with van der Waals surface area (Å²) in [5.74, 6) is 1.56. The summed E-state index contributed by atoms with van der Waals surface area (Å²) in [6.07, 6.45) is 2.07. The minimum atomic E-state index is -0.147. The number of methoxy groups -OCH3 is 1. The van der Waals surface area contributed by atoms with Gasteiger partial charge in [-0.1, -0.05) is 36.4 Å². The van der Waals surface area contributed by atoms with Crippen LogP contribution in [0, 0.1) is 0 Å². The van der Waals surface area contributed by atoms with Gasteiger partial charge in [0.25, 0.3) is 0 Å². The lowest BCUT2D eigenvalue weighted by atomic mass is 9.98. The monoisotopic (exact) mass is 332 g/mol. The Morgan fingerprint density at radius 2 is 1.72 bits per heavy atom. The molecule has 0 amide bonds. The molecule has 25 heavy (non-hydrogen) atoms. The van der Waals surface area contributed by atoms with Crippen molar-refractivity contribution in [1.82, 2.24) is 4.98 Å². The van der Waals surface area contributed by atoms with E-state index >= 15 is 0 Å². The number of Topliss-reactive ketones (excluding diaryl/α,β-unsaturated/α-hetero) is 1. The zero-order valence-corrected chi connectivity index (χ0v) is 14.1. The van der Waals surface area contributed by atoms with Crippen LogP contribution < -0.4 is 10.1 Å². The van der Waals surface area contributed by atoms with E-state index in [0.717, 1.165) is 17.1 Å². The van der Waals surface area contributed by atoms with Gasteiger partial charge in [-0.05, 0) is 42.0 Å². The molecule has 3 rings (SSSR count). The molecular weight excluding hydrogens is 312 g/mol. The minimum absolute atomic E-state index is 0.0694. The highest BCUT2D eigenvalue weighted by atomic mass is 16.5. The number of anilines is 1. The normalized spacial score (nSPS) is 11.6. The predicted molar refractivity (Wildman–Crippen MR) is 99.0 cm³/mol. The van der Waals surface area contributed by atoms with Gasteiger partial charge in [-0.2, -0.15) is 0 Å². The predicted octanol–water partition coefficient (Wildman–Crippen LogP) is 4.52. The van der Waals surface area contributed by atoms with Crippen molar-refractivity contribution in [3.05, 3.63) is 90.1 Å². The maximum atomic E-state index is 12.7. The van der Waals surface area contributed by atoms with Gasteiger partial charge in [0.15, 0.2) is 5.78 Å². The van der Waals surface area contributed by atoms with Crippen molar-refractivity contribution in [2.75, 3.05) is 12.4 Å². The number of pyridine rings is 1. The molecule has 0 saturated heterocycles. The Balaban J connectivity index is 1.80. The van der Waals surface area contributed by atoms with Crippen LogP contribution in [0.1, 0.15) is 28.4 Å². The van der Waals surface area contributed by atoms with Crippen molar-refractivity contribution in [3.8, 4) is 5.75 Å². The van der Waals surface area contributed by atoms with Crippen LogP contribution >= 0.6 is 0 Å². The molecule has 0 aliphatic heterocycles. The highest BCUT2D eigenvalue weighted by Crippen LogP contribution is 2.24. The van der Waals surface area contributed by atoms with Gasteiger partial charge in [0, 0.05) is 18.2 Å². The molecule has 0 aliphatic carbocycles. The first-order valence-electron chi connectivity index (χ1n) is 8.16. The third-order valence-corrected chi connectivity index (χ3v) is 3.99. The average molecular weight is 332 g/mol. The standard InChI is InChI=1S/C21H20N2O2/c1-25-18-12-10-17(11-13-18)20(24)15-19(16-7-3-2-4-8-16)23-21-9-5-6-14-22-21/h2-14,19H,15H2,1H3,(H,22,23). The van der Waals surface area contributed by atoms with E-state index in [0.29, 0.717) is 12.0 Å². The number of carbonyl (C=O) groups is 1. The summed E-state index contributed by atoms with van der Waals surface area (Å²) in [6.45, 7) is 0. The molecule has 1 aromatic heterocycles. The van der Waals surface area contributed by atoms with Crippen LogP contribution in [0.5, 0.6) is 5.75 Å². The fourth-order valence-electron chi connectivity index (χ4n) is 2.64. The molecule has 1 N–H and O–H groups in total. The number of nitrogens with one attached hydrogen (secondary N) is 1. The Labute approximate surface area is 147 Å². The second kappa shape index (κ2) is 8.11. The highest BCUT2D eigenvalue weighted by Gasteiger charge is 2.17. The zero-order valence-electron chi connectivity index (χ0n) is 14.1. The van der Waals surface area contributed by atoms with Gasteiger partial charge in [0.2, 0.25) is 0 Å². The molecule has 1 heterocycles. The molecule has 0 fully saturated rings. The number of carbonyl (C=O) groups excluding carboxylic acids is 1. The molecule has 4 heteroatoms. The maximum Gasteiger partial charge on any atom is 0.165 e. The Morgan fingerprint density at radius 1 is 1.00 bits per heavy atom. The maximum absolute atomic E-state index is 12.7.